The first-order valence-electron chi connectivity index (χ1n) is 7.21. The van der Waals surface area contributed by atoms with Gasteiger partial charge < -0.3 is 20.1 Å². The lowest BCUT2D eigenvalue weighted by atomic mass is 10.2. The zero-order chi connectivity index (χ0) is 15.5. The molecule has 7 heteroatoms. The third kappa shape index (κ3) is 3.25. The fraction of sp³-hybridized carbons (Fsp3) is 0.400. The quantitative estimate of drug-likeness (QED) is 0.863. The maximum Gasteiger partial charge on any atom is 0.327 e. The van der Waals surface area contributed by atoms with Gasteiger partial charge in [-0.15, -0.1) is 0 Å². The summed E-state index contributed by atoms with van der Waals surface area (Å²) in [7, 11) is 0. The van der Waals surface area contributed by atoms with Crippen LogP contribution in [-0.4, -0.2) is 41.3 Å². The number of hydrogen-bond acceptors (Lipinski definition) is 7. The van der Waals surface area contributed by atoms with Crippen molar-refractivity contribution in [2.24, 2.45) is 0 Å². The van der Waals surface area contributed by atoms with Crippen LogP contribution < -0.4 is 15.4 Å². The Morgan fingerprint density at radius 1 is 1.14 bits per heavy atom. The fourth-order valence-corrected chi connectivity index (χ4v) is 2.22. The highest BCUT2D eigenvalue weighted by Gasteiger charge is 2.16. The van der Waals surface area contributed by atoms with Gasteiger partial charge in [-0.1, -0.05) is 6.07 Å². The summed E-state index contributed by atoms with van der Waals surface area (Å²) in [6, 6.07) is 5.78. The molecule has 0 amide bonds. The van der Waals surface area contributed by atoms with Gasteiger partial charge in [-0.25, -0.2) is 0 Å². The minimum Gasteiger partial charge on any atom is -0.424 e. The summed E-state index contributed by atoms with van der Waals surface area (Å²) in [6.45, 7) is 6.65. The molecule has 1 saturated heterocycles. The Balaban J connectivity index is 1.87. The predicted molar refractivity (Wildman–Crippen MR) is 83.3 cm³/mol. The molecule has 0 spiro atoms. The largest absolute Gasteiger partial charge is 0.424 e. The van der Waals surface area contributed by atoms with Crippen LogP contribution in [-0.2, 0) is 4.74 Å². The lowest BCUT2D eigenvalue weighted by Crippen LogP contribution is -2.37. The van der Waals surface area contributed by atoms with Crippen LogP contribution in [0, 0.1) is 13.8 Å². The third-order valence-corrected chi connectivity index (χ3v) is 3.42. The van der Waals surface area contributed by atoms with Crippen LogP contribution >= 0.6 is 0 Å². The van der Waals surface area contributed by atoms with E-state index in [-0.39, 0.29) is 6.01 Å². The van der Waals surface area contributed by atoms with E-state index in [0.717, 1.165) is 18.7 Å². The summed E-state index contributed by atoms with van der Waals surface area (Å²) >= 11 is 0. The molecular weight excluding hydrogens is 282 g/mol. The molecule has 1 aromatic carbocycles. The highest BCUT2D eigenvalue weighted by atomic mass is 16.5. The van der Waals surface area contributed by atoms with E-state index in [1.165, 1.54) is 0 Å². The van der Waals surface area contributed by atoms with Crippen LogP contribution in [0.4, 0.5) is 11.6 Å². The first-order chi connectivity index (χ1) is 10.6. The second kappa shape index (κ2) is 6.15. The predicted octanol–water partition coefficient (Wildman–Crippen LogP) is 1.70. The van der Waals surface area contributed by atoms with E-state index in [1.54, 1.807) is 6.07 Å². The van der Waals surface area contributed by atoms with E-state index in [2.05, 4.69) is 19.9 Å². The topological polar surface area (TPSA) is 86.4 Å². The van der Waals surface area contributed by atoms with Crippen molar-refractivity contribution in [1.29, 1.82) is 0 Å². The number of nitrogens with zero attached hydrogens (tertiary/aromatic N) is 4. The monoisotopic (exact) mass is 301 g/mol. The Morgan fingerprint density at radius 3 is 2.68 bits per heavy atom. The van der Waals surface area contributed by atoms with Crippen LogP contribution in [0.5, 0.6) is 11.8 Å². The van der Waals surface area contributed by atoms with Crippen molar-refractivity contribution in [2.45, 2.75) is 13.8 Å². The first-order valence-corrected chi connectivity index (χ1v) is 7.21. The zero-order valence-electron chi connectivity index (χ0n) is 12.7. The highest BCUT2D eigenvalue weighted by molar-refractivity contribution is 5.48. The molecule has 0 aliphatic carbocycles. The molecule has 22 heavy (non-hydrogen) atoms. The van der Waals surface area contributed by atoms with Gasteiger partial charge in [-0.05, 0) is 25.5 Å². The minimum atomic E-state index is 0.280. The van der Waals surface area contributed by atoms with Gasteiger partial charge in [-0.2, -0.15) is 15.0 Å². The Bertz CT molecular complexity index is 671. The summed E-state index contributed by atoms with van der Waals surface area (Å²) in [6.07, 6.45) is 0. The molecular formula is C15H19N5O2. The molecule has 0 bridgehead atoms. The van der Waals surface area contributed by atoms with Crippen LogP contribution in [0.25, 0.3) is 0 Å². The Labute approximate surface area is 129 Å². The number of hydrogen-bond donors (Lipinski definition) is 1. The number of rotatable bonds is 3. The van der Waals surface area contributed by atoms with Crippen molar-refractivity contribution in [1.82, 2.24) is 15.0 Å². The van der Waals surface area contributed by atoms with E-state index in [0.29, 0.717) is 36.4 Å². The van der Waals surface area contributed by atoms with Gasteiger partial charge in [0, 0.05) is 24.8 Å². The second-order valence-electron chi connectivity index (χ2n) is 5.19. The van der Waals surface area contributed by atoms with Gasteiger partial charge in [0.15, 0.2) is 0 Å². The Hall–Kier alpha value is -2.41. The molecule has 116 valence electrons. The molecule has 1 aromatic heterocycles. The van der Waals surface area contributed by atoms with Crippen molar-refractivity contribution in [3.05, 3.63) is 29.6 Å². The highest BCUT2D eigenvalue weighted by Crippen LogP contribution is 2.25. The first kappa shape index (κ1) is 14.5. The molecule has 2 aromatic rings. The summed E-state index contributed by atoms with van der Waals surface area (Å²) in [4.78, 5) is 15.1. The molecule has 2 N–H and O–H groups in total. The number of aryl methyl sites for hydroxylation is 2. The van der Waals surface area contributed by atoms with Crippen molar-refractivity contribution in [2.75, 3.05) is 36.9 Å². The average Bonchev–Trinajstić information content (AvgIpc) is 2.51. The van der Waals surface area contributed by atoms with Crippen LogP contribution in [0.1, 0.15) is 11.4 Å². The smallest absolute Gasteiger partial charge is 0.327 e. The van der Waals surface area contributed by atoms with E-state index in [9.17, 15) is 0 Å². The van der Waals surface area contributed by atoms with Gasteiger partial charge in [0.1, 0.15) is 11.6 Å². The van der Waals surface area contributed by atoms with Gasteiger partial charge in [-0.3, -0.25) is 0 Å². The fourth-order valence-electron chi connectivity index (χ4n) is 2.22. The maximum atomic E-state index is 5.80. The molecule has 0 saturated carbocycles. The summed E-state index contributed by atoms with van der Waals surface area (Å²) in [5, 5.41) is 0. The van der Waals surface area contributed by atoms with E-state index in [4.69, 9.17) is 15.2 Å². The Morgan fingerprint density at radius 2 is 1.91 bits per heavy atom. The van der Waals surface area contributed by atoms with Crippen molar-refractivity contribution in [3.8, 4) is 11.8 Å². The van der Waals surface area contributed by atoms with Crippen LogP contribution in [0.2, 0.25) is 0 Å². The molecule has 1 aliphatic heterocycles. The normalized spacial score (nSPS) is 14.9. The lowest BCUT2D eigenvalue weighted by molar-refractivity contribution is 0.122. The third-order valence-electron chi connectivity index (χ3n) is 3.42. The van der Waals surface area contributed by atoms with E-state index < -0.39 is 0 Å². The van der Waals surface area contributed by atoms with Crippen molar-refractivity contribution >= 4 is 11.6 Å². The molecule has 7 nitrogen and oxygen atoms in total. The summed E-state index contributed by atoms with van der Waals surface area (Å²) < 4.78 is 11.2. The number of nitrogens with two attached hydrogens (primary N) is 1. The molecule has 1 fully saturated rings. The maximum absolute atomic E-state index is 5.80. The number of morpholine rings is 1. The average molecular weight is 301 g/mol. The Kier molecular flexibility index (Phi) is 4.06. The molecule has 2 heterocycles. The van der Waals surface area contributed by atoms with E-state index in [1.807, 2.05) is 26.0 Å². The molecule has 0 radical (unpaired) electrons. The minimum absolute atomic E-state index is 0.280. The lowest BCUT2D eigenvalue weighted by Gasteiger charge is -2.26. The SMILES string of the molecule is Cc1nc(Oc2cc(N)ccc2C)nc(N2CCOCC2)n1. The van der Waals surface area contributed by atoms with Crippen molar-refractivity contribution in [3.63, 3.8) is 0 Å². The molecule has 3 rings (SSSR count). The summed E-state index contributed by atoms with van der Waals surface area (Å²) in [5.74, 6) is 1.89. The molecule has 0 unspecified atom stereocenters. The van der Waals surface area contributed by atoms with Gasteiger partial charge in [0.05, 0.1) is 13.2 Å². The van der Waals surface area contributed by atoms with E-state index >= 15 is 0 Å². The number of ether oxygens (including phenoxy) is 2. The van der Waals surface area contributed by atoms with Crippen LogP contribution in [0.15, 0.2) is 18.2 Å². The number of nitrogen functional groups attached to an aromatic ring is 1. The number of anilines is 2. The molecule has 0 atom stereocenters. The van der Waals surface area contributed by atoms with Gasteiger partial charge in [0.25, 0.3) is 0 Å². The second-order valence-corrected chi connectivity index (χ2v) is 5.19. The summed E-state index contributed by atoms with van der Waals surface area (Å²) in [5.41, 5.74) is 7.41. The van der Waals surface area contributed by atoms with Crippen molar-refractivity contribution < 1.29 is 9.47 Å². The van der Waals surface area contributed by atoms with Crippen LogP contribution in [0.3, 0.4) is 0 Å². The standard InChI is InChI=1S/C15H19N5O2/c1-10-3-4-12(16)9-13(10)22-15-18-11(2)17-14(19-15)20-5-7-21-8-6-20/h3-4,9H,5-8,16H2,1-2H3. The van der Waals surface area contributed by atoms with Gasteiger partial charge >= 0.3 is 6.01 Å². The number of benzene rings is 1. The number of aromatic nitrogens is 3. The molecule has 1 aliphatic rings. The van der Waals surface area contributed by atoms with Gasteiger partial charge in [0.2, 0.25) is 5.95 Å². The zero-order valence-corrected chi connectivity index (χ0v) is 12.7.